The van der Waals surface area contributed by atoms with Gasteiger partial charge in [0.15, 0.2) is 0 Å². The van der Waals surface area contributed by atoms with E-state index >= 15 is 0 Å². The minimum atomic E-state index is -0.744. The molecule has 1 atom stereocenters. The minimum Gasteiger partial charge on any atom is -0.480 e. The molecule has 1 aliphatic rings. The summed E-state index contributed by atoms with van der Waals surface area (Å²) in [6, 6.07) is 8.62. The Kier molecular flexibility index (Phi) is 3.87. The van der Waals surface area contributed by atoms with E-state index < -0.39 is 5.97 Å². The van der Waals surface area contributed by atoms with Crippen LogP contribution in [-0.4, -0.2) is 48.2 Å². The molecule has 0 bridgehead atoms. The highest BCUT2D eigenvalue weighted by Crippen LogP contribution is 2.22. The topological polar surface area (TPSA) is 43.8 Å². The van der Waals surface area contributed by atoms with Crippen LogP contribution >= 0.6 is 0 Å². The van der Waals surface area contributed by atoms with Gasteiger partial charge in [0.1, 0.15) is 0 Å². The van der Waals surface area contributed by atoms with E-state index in [0.717, 1.165) is 19.6 Å². The van der Waals surface area contributed by atoms with Gasteiger partial charge in [-0.1, -0.05) is 18.2 Å². The van der Waals surface area contributed by atoms with Crippen LogP contribution in [0.5, 0.6) is 0 Å². The summed E-state index contributed by atoms with van der Waals surface area (Å²) in [6.45, 7) is 6.93. The van der Waals surface area contributed by atoms with Gasteiger partial charge in [0.2, 0.25) is 0 Å². The quantitative estimate of drug-likeness (QED) is 0.882. The SMILES string of the molecule is Cc1ccccc1N1CCN(CC(=O)O)[C@H](C)C1. The second kappa shape index (κ2) is 5.40. The highest BCUT2D eigenvalue weighted by molar-refractivity contribution is 5.69. The van der Waals surface area contributed by atoms with Crippen molar-refractivity contribution in [1.29, 1.82) is 0 Å². The number of anilines is 1. The predicted molar refractivity (Wildman–Crippen MR) is 72.1 cm³/mol. The summed E-state index contributed by atoms with van der Waals surface area (Å²) in [5.41, 5.74) is 2.54. The molecule has 18 heavy (non-hydrogen) atoms. The van der Waals surface area contributed by atoms with Gasteiger partial charge in [-0.05, 0) is 25.5 Å². The van der Waals surface area contributed by atoms with E-state index in [1.165, 1.54) is 11.3 Å². The van der Waals surface area contributed by atoms with E-state index in [4.69, 9.17) is 5.11 Å². The Morgan fingerprint density at radius 3 is 2.72 bits per heavy atom. The Bertz CT molecular complexity index is 434. The van der Waals surface area contributed by atoms with Gasteiger partial charge in [-0.2, -0.15) is 0 Å². The van der Waals surface area contributed by atoms with E-state index in [2.05, 4.69) is 36.9 Å². The first-order valence-corrected chi connectivity index (χ1v) is 6.34. The smallest absolute Gasteiger partial charge is 0.317 e. The fourth-order valence-electron chi connectivity index (χ4n) is 2.54. The summed E-state index contributed by atoms with van der Waals surface area (Å²) in [5.74, 6) is -0.744. The minimum absolute atomic E-state index is 0.142. The number of carboxylic acids is 1. The number of benzene rings is 1. The molecule has 1 heterocycles. The number of aryl methyl sites for hydroxylation is 1. The van der Waals surface area contributed by atoms with E-state index in [-0.39, 0.29) is 12.6 Å². The molecule has 0 radical (unpaired) electrons. The monoisotopic (exact) mass is 248 g/mol. The molecule has 1 aromatic rings. The molecule has 1 fully saturated rings. The molecule has 98 valence electrons. The molecule has 0 unspecified atom stereocenters. The summed E-state index contributed by atoms with van der Waals surface area (Å²) < 4.78 is 0. The van der Waals surface area contributed by atoms with Crippen molar-refractivity contribution in [3.63, 3.8) is 0 Å². The number of hydrogen-bond acceptors (Lipinski definition) is 3. The molecule has 2 rings (SSSR count). The highest BCUT2D eigenvalue weighted by atomic mass is 16.4. The zero-order chi connectivity index (χ0) is 13.1. The van der Waals surface area contributed by atoms with Crippen LogP contribution in [0.1, 0.15) is 12.5 Å². The second-order valence-electron chi connectivity index (χ2n) is 4.95. The molecule has 0 aliphatic carbocycles. The molecule has 0 amide bonds. The van der Waals surface area contributed by atoms with E-state index in [9.17, 15) is 4.79 Å². The molecule has 1 saturated heterocycles. The molecule has 1 aromatic carbocycles. The van der Waals surface area contributed by atoms with E-state index in [1.807, 2.05) is 11.0 Å². The van der Waals surface area contributed by atoms with Crippen molar-refractivity contribution in [3.05, 3.63) is 29.8 Å². The molecule has 1 N–H and O–H groups in total. The van der Waals surface area contributed by atoms with Crippen molar-refractivity contribution in [1.82, 2.24) is 4.90 Å². The molecule has 0 spiro atoms. The van der Waals surface area contributed by atoms with E-state index in [1.54, 1.807) is 0 Å². The van der Waals surface area contributed by atoms with Crippen LogP contribution in [0.2, 0.25) is 0 Å². The maximum atomic E-state index is 10.8. The lowest BCUT2D eigenvalue weighted by Crippen LogP contribution is -2.53. The zero-order valence-corrected chi connectivity index (χ0v) is 11.0. The fraction of sp³-hybridized carbons (Fsp3) is 0.500. The maximum Gasteiger partial charge on any atom is 0.317 e. The van der Waals surface area contributed by atoms with Gasteiger partial charge >= 0.3 is 5.97 Å². The average molecular weight is 248 g/mol. The normalized spacial score (nSPS) is 21.0. The third kappa shape index (κ3) is 2.82. The lowest BCUT2D eigenvalue weighted by atomic mass is 10.1. The van der Waals surface area contributed by atoms with E-state index in [0.29, 0.717) is 0 Å². The molecular weight excluding hydrogens is 228 g/mol. The average Bonchev–Trinajstić information content (AvgIpc) is 2.32. The van der Waals surface area contributed by atoms with Crippen molar-refractivity contribution < 1.29 is 9.90 Å². The summed E-state index contributed by atoms with van der Waals surface area (Å²) in [6.07, 6.45) is 0. The van der Waals surface area contributed by atoms with Gasteiger partial charge in [0, 0.05) is 31.4 Å². The summed E-state index contributed by atoms with van der Waals surface area (Å²) in [7, 11) is 0. The molecule has 4 nitrogen and oxygen atoms in total. The number of rotatable bonds is 3. The van der Waals surface area contributed by atoms with Gasteiger partial charge in [0.25, 0.3) is 0 Å². The van der Waals surface area contributed by atoms with Gasteiger partial charge in [0.05, 0.1) is 6.54 Å². The third-order valence-corrected chi connectivity index (χ3v) is 3.56. The number of nitrogens with zero attached hydrogens (tertiary/aromatic N) is 2. The maximum absolute atomic E-state index is 10.8. The second-order valence-corrected chi connectivity index (χ2v) is 4.95. The Morgan fingerprint density at radius 2 is 2.11 bits per heavy atom. The van der Waals surface area contributed by atoms with Gasteiger partial charge in [-0.3, -0.25) is 9.69 Å². The summed E-state index contributed by atoms with van der Waals surface area (Å²) in [4.78, 5) is 15.1. The Morgan fingerprint density at radius 1 is 1.39 bits per heavy atom. The lowest BCUT2D eigenvalue weighted by Gasteiger charge is -2.40. The van der Waals surface area contributed by atoms with Crippen LogP contribution in [0.4, 0.5) is 5.69 Å². The van der Waals surface area contributed by atoms with Crippen molar-refractivity contribution >= 4 is 11.7 Å². The molecular formula is C14H20N2O2. The lowest BCUT2D eigenvalue weighted by molar-refractivity contribution is -0.138. The van der Waals surface area contributed by atoms with Crippen LogP contribution in [0, 0.1) is 6.92 Å². The van der Waals surface area contributed by atoms with Crippen molar-refractivity contribution in [2.24, 2.45) is 0 Å². The Balaban J connectivity index is 2.04. The van der Waals surface area contributed by atoms with Crippen LogP contribution in [0.3, 0.4) is 0 Å². The van der Waals surface area contributed by atoms with Crippen LogP contribution in [0.15, 0.2) is 24.3 Å². The first-order valence-electron chi connectivity index (χ1n) is 6.34. The molecule has 1 aliphatic heterocycles. The fourth-order valence-corrected chi connectivity index (χ4v) is 2.54. The number of carbonyl (C=O) groups is 1. The zero-order valence-electron chi connectivity index (χ0n) is 11.0. The van der Waals surface area contributed by atoms with Gasteiger partial charge in [-0.15, -0.1) is 0 Å². The molecule has 0 aromatic heterocycles. The highest BCUT2D eigenvalue weighted by Gasteiger charge is 2.25. The number of aliphatic carboxylic acids is 1. The summed E-state index contributed by atoms with van der Waals surface area (Å²) in [5, 5.41) is 8.86. The van der Waals surface area contributed by atoms with Crippen LogP contribution in [0.25, 0.3) is 0 Å². The number of para-hydroxylation sites is 1. The Hall–Kier alpha value is -1.55. The van der Waals surface area contributed by atoms with Gasteiger partial charge < -0.3 is 10.0 Å². The van der Waals surface area contributed by atoms with Crippen LogP contribution in [-0.2, 0) is 4.79 Å². The number of hydrogen-bond donors (Lipinski definition) is 1. The standard InChI is InChI=1S/C14H20N2O2/c1-11-5-3-4-6-13(11)16-8-7-15(10-14(17)18)12(2)9-16/h3-6,12H,7-10H2,1-2H3,(H,17,18)/t12-/m1/s1. The Labute approximate surface area is 108 Å². The van der Waals surface area contributed by atoms with Crippen LogP contribution < -0.4 is 4.90 Å². The largest absolute Gasteiger partial charge is 0.480 e. The van der Waals surface area contributed by atoms with Gasteiger partial charge in [-0.25, -0.2) is 0 Å². The predicted octanol–water partition coefficient (Wildman–Crippen LogP) is 1.59. The first kappa shape index (κ1) is 12.9. The van der Waals surface area contributed by atoms with Crippen molar-refractivity contribution in [2.75, 3.05) is 31.1 Å². The third-order valence-electron chi connectivity index (χ3n) is 3.56. The van der Waals surface area contributed by atoms with Crippen molar-refractivity contribution in [3.8, 4) is 0 Å². The molecule has 0 saturated carbocycles. The summed E-state index contributed by atoms with van der Waals surface area (Å²) >= 11 is 0. The van der Waals surface area contributed by atoms with Crippen molar-refractivity contribution in [2.45, 2.75) is 19.9 Å². The molecule has 4 heteroatoms. The number of carboxylic acid groups (broad SMARTS) is 1. The number of piperazine rings is 1. The first-order chi connectivity index (χ1) is 8.58.